The van der Waals surface area contributed by atoms with Crippen LogP contribution in [-0.2, 0) is 0 Å². The molecule has 0 heterocycles. The summed E-state index contributed by atoms with van der Waals surface area (Å²) in [6, 6.07) is 14.8. The summed E-state index contributed by atoms with van der Waals surface area (Å²) in [6.07, 6.45) is -0.414. The Morgan fingerprint density at radius 1 is 1.09 bits per heavy atom. The number of anilines is 1. The lowest BCUT2D eigenvalue weighted by Gasteiger charge is -2.12. The van der Waals surface area contributed by atoms with Gasteiger partial charge in [0.05, 0.1) is 0 Å². The number of carbonyl (C=O) groups is 1. The van der Waals surface area contributed by atoms with Gasteiger partial charge in [-0.1, -0.05) is 28.1 Å². The SMILES string of the molecule is CN(C)C(=O)Oc1ccc(C(=S)Nc2ccc(Br)cc2)cc1. The van der Waals surface area contributed by atoms with Gasteiger partial charge < -0.3 is 15.0 Å². The van der Waals surface area contributed by atoms with E-state index in [2.05, 4.69) is 21.2 Å². The third-order valence-electron chi connectivity index (χ3n) is 2.79. The van der Waals surface area contributed by atoms with Crippen molar-refractivity contribution in [2.45, 2.75) is 0 Å². The van der Waals surface area contributed by atoms with Gasteiger partial charge in [0.15, 0.2) is 0 Å². The largest absolute Gasteiger partial charge is 0.414 e. The lowest BCUT2D eigenvalue weighted by Crippen LogP contribution is -2.25. The summed E-state index contributed by atoms with van der Waals surface area (Å²) in [5.74, 6) is 0.480. The Balaban J connectivity index is 2.02. The lowest BCUT2D eigenvalue weighted by atomic mass is 10.2. The number of rotatable bonds is 3. The van der Waals surface area contributed by atoms with Crippen LogP contribution in [0.1, 0.15) is 5.56 Å². The Kier molecular flexibility index (Phi) is 5.51. The van der Waals surface area contributed by atoms with E-state index < -0.39 is 6.09 Å². The van der Waals surface area contributed by atoms with Gasteiger partial charge in [-0.3, -0.25) is 0 Å². The zero-order chi connectivity index (χ0) is 16.1. The van der Waals surface area contributed by atoms with Crippen LogP contribution in [0.4, 0.5) is 10.5 Å². The fourth-order valence-electron chi connectivity index (χ4n) is 1.60. The van der Waals surface area contributed by atoms with Crippen LogP contribution >= 0.6 is 28.1 Å². The van der Waals surface area contributed by atoms with Crippen molar-refractivity contribution >= 4 is 44.9 Å². The normalized spacial score (nSPS) is 9.95. The molecule has 4 nitrogen and oxygen atoms in total. The van der Waals surface area contributed by atoms with Gasteiger partial charge in [-0.2, -0.15) is 0 Å². The molecular formula is C16H15BrN2O2S. The number of thiocarbonyl (C=S) groups is 1. The number of amides is 1. The fourth-order valence-corrected chi connectivity index (χ4v) is 2.12. The van der Waals surface area contributed by atoms with E-state index in [1.165, 1.54) is 4.90 Å². The van der Waals surface area contributed by atoms with Crippen LogP contribution in [0.5, 0.6) is 5.75 Å². The van der Waals surface area contributed by atoms with Gasteiger partial charge in [0.1, 0.15) is 10.7 Å². The molecule has 0 atom stereocenters. The molecule has 1 amide bonds. The minimum Gasteiger partial charge on any atom is -0.410 e. The number of nitrogens with one attached hydrogen (secondary N) is 1. The molecule has 0 spiro atoms. The number of hydrogen-bond acceptors (Lipinski definition) is 3. The summed E-state index contributed by atoms with van der Waals surface area (Å²) in [7, 11) is 3.27. The van der Waals surface area contributed by atoms with Gasteiger partial charge in [0, 0.05) is 29.8 Å². The fraction of sp³-hybridized carbons (Fsp3) is 0.125. The second-order valence-corrected chi connectivity index (χ2v) is 6.07. The number of hydrogen-bond donors (Lipinski definition) is 1. The summed E-state index contributed by atoms with van der Waals surface area (Å²) >= 11 is 8.76. The zero-order valence-corrected chi connectivity index (χ0v) is 14.6. The molecule has 22 heavy (non-hydrogen) atoms. The van der Waals surface area contributed by atoms with Crippen LogP contribution in [-0.4, -0.2) is 30.1 Å². The number of halogens is 1. The monoisotopic (exact) mass is 378 g/mol. The summed E-state index contributed by atoms with van der Waals surface area (Å²) in [5.41, 5.74) is 1.76. The molecule has 114 valence electrons. The van der Waals surface area contributed by atoms with Crippen LogP contribution in [0.25, 0.3) is 0 Å². The van der Waals surface area contributed by atoms with Crippen molar-refractivity contribution in [2.75, 3.05) is 19.4 Å². The van der Waals surface area contributed by atoms with Crippen molar-refractivity contribution in [3.05, 3.63) is 58.6 Å². The third kappa shape index (κ3) is 4.54. The maximum atomic E-state index is 11.5. The average molecular weight is 379 g/mol. The van der Waals surface area contributed by atoms with Gasteiger partial charge in [0.2, 0.25) is 0 Å². The standard InChI is InChI=1S/C16H15BrN2O2S/c1-19(2)16(20)21-14-9-3-11(4-10-14)15(22)18-13-7-5-12(17)6-8-13/h3-10H,1-2H3,(H,18,22). The number of carbonyl (C=O) groups excluding carboxylic acids is 1. The molecule has 0 saturated heterocycles. The van der Waals surface area contributed by atoms with Gasteiger partial charge in [-0.25, -0.2) is 4.79 Å². The molecule has 1 N–H and O–H groups in total. The van der Waals surface area contributed by atoms with Gasteiger partial charge in [-0.05, 0) is 48.5 Å². The van der Waals surface area contributed by atoms with Gasteiger partial charge >= 0.3 is 6.09 Å². The molecule has 2 aromatic carbocycles. The lowest BCUT2D eigenvalue weighted by molar-refractivity contribution is 0.172. The number of ether oxygens (including phenoxy) is 1. The molecule has 0 bridgehead atoms. The second kappa shape index (κ2) is 7.38. The first-order valence-electron chi connectivity index (χ1n) is 6.52. The van der Waals surface area contributed by atoms with Crippen LogP contribution in [0, 0.1) is 0 Å². The Hall–Kier alpha value is -1.92. The molecule has 0 aromatic heterocycles. The van der Waals surface area contributed by atoms with E-state index in [0.29, 0.717) is 10.7 Å². The van der Waals surface area contributed by atoms with Crippen LogP contribution in [0.2, 0.25) is 0 Å². The van der Waals surface area contributed by atoms with E-state index in [-0.39, 0.29) is 0 Å². The van der Waals surface area contributed by atoms with E-state index in [1.54, 1.807) is 26.2 Å². The van der Waals surface area contributed by atoms with Crippen LogP contribution in [0.3, 0.4) is 0 Å². The third-order valence-corrected chi connectivity index (χ3v) is 3.66. The molecule has 0 saturated carbocycles. The smallest absolute Gasteiger partial charge is 0.410 e. The molecule has 0 aliphatic heterocycles. The summed E-state index contributed by atoms with van der Waals surface area (Å²) < 4.78 is 6.17. The first-order valence-corrected chi connectivity index (χ1v) is 7.72. The number of benzene rings is 2. The molecule has 0 aliphatic carbocycles. The van der Waals surface area contributed by atoms with Crippen molar-refractivity contribution in [3.63, 3.8) is 0 Å². The van der Waals surface area contributed by atoms with E-state index in [1.807, 2.05) is 36.4 Å². The molecular weight excluding hydrogens is 364 g/mol. The molecule has 2 rings (SSSR count). The maximum Gasteiger partial charge on any atom is 0.414 e. The van der Waals surface area contributed by atoms with E-state index in [4.69, 9.17) is 17.0 Å². The highest BCUT2D eigenvalue weighted by atomic mass is 79.9. The minimum absolute atomic E-state index is 0.414. The van der Waals surface area contributed by atoms with Gasteiger partial charge in [-0.15, -0.1) is 0 Å². The topological polar surface area (TPSA) is 41.6 Å². The molecule has 6 heteroatoms. The van der Waals surface area contributed by atoms with Crippen molar-refractivity contribution in [1.82, 2.24) is 4.90 Å². The van der Waals surface area contributed by atoms with E-state index in [0.717, 1.165) is 15.7 Å². The predicted molar refractivity (Wildman–Crippen MR) is 95.6 cm³/mol. The molecule has 0 radical (unpaired) electrons. The highest BCUT2D eigenvalue weighted by molar-refractivity contribution is 9.10. The van der Waals surface area contributed by atoms with Crippen LogP contribution in [0.15, 0.2) is 53.0 Å². The summed E-state index contributed by atoms with van der Waals surface area (Å²) in [5, 5.41) is 3.16. The van der Waals surface area contributed by atoms with Crippen LogP contribution < -0.4 is 10.1 Å². The first kappa shape index (κ1) is 16.5. The predicted octanol–water partition coefficient (Wildman–Crippen LogP) is 4.30. The van der Waals surface area contributed by atoms with Gasteiger partial charge in [0.25, 0.3) is 0 Å². The highest BCUT2D eigenvalue weighted by Gasteiger charge is 2.07. The Morgan fingerprint density at radius 3 is 2.23 bits per heavy atom. The second-order valence-electron chi connectivity index (χ2n) is 4.75. The molecule has 0 fully saturated rings. The van der Waals surface area contributed by atoms with Crippen molar-refractivity contribution in [2.24, 2.45) is 0 Å². The van der Waals surface area contributed by atoms with Crippen molar-refractivity contribution in [3.8, 4) is 5.75 Å². The molecule has 0 unspecified atom stereocenters. The quantitative estimate of drug-likeness (QED) is 0.808. The zero-order valence-electron chi connectivity index (χ0n) is 12.2. The molecule has 2 aromatic rings. The maximum absolute atomic E-state index is 11.5. The number of nitrogens with zero attached hydrogens (tertiary/aromatic N) is 1. The first-order chi connectivity index (χ1) is 10.5. The minimum atomic E-state index is -0.414. The Morgan fingerprint density at radius 2 is 1.68 bits per heavy atom. The van der Waals surface area contributed by atoms with Crippen molar-refractivity contribution in [1.29, 1.82) is 0 Å². The summed E-state index contributed by atoms with van der Waals surface area (Å²) in [6.45, 7) is 0. The van der Waals surface area contributed by atoms with E-state index in [9.17, 15) is 4.79 Å². The average Bonchev–Trinajstić information content (AvgIpc) is 2.50. The summed E-state index contributed by atoms with van der Waals surface area (Å²) in [4.78, 5) is 13.4. The Labute approximate surface area is 143 Å². The van der Waals surface area contributed by atoms with Crippen molar-refractivity contribution < 1.29 is 9.53 Å². The molecule has 0 aliphatic rings. The van der Waals surface area contributed by atoms with E-state index >= 15 is 0 Å². The highest BCUT2D eigenvalue weighted by Crippen LogP contribution is 2.17. The Bertz CT molecular complexity index is 670.